The van der Waals surface area contributed by atoms with E-state index < -0.39 is 13.9 Å². The van der Waals surface area contributed by atoms with Gasteiger partial charge in [0.1, 0.15) is 11.5 Å². The maximum atomic E-state index is 12.5. The zero-order chi connectivity index (χ0) is 26.8. The normalized spacial score (nSPS) is 14.8. The minimum absolute atomic E-state index is 0.0610. The molecule has 0 spiro atoms. The Morgan fingerprint density at radius 2 is 1.51 bits per heavy atom. The van der Waals surface area contributed by atoms with Crippen LogP contribution in [-0.4, -0.2) is 64.5 Å². The van der Waals surface area contributed by atoms with E-state index in [0.717, 1.165) is 24.7 Å². The molecule has 7 nitrogen and oxygen atoms in total. The molecule has 2 aromatic rings. The largest absolute Gasteiger partial charge is 0.494 e. The molecule has 1 atom stereocenters. The molecule has 1 saturated heterocycles. The summed E-state index contributed by atoms with van der Waals surface area (Å²) in [7, 11) is -0.785. The molecule has 0 aromatic heterocycles. The summed E-state index contributed by atoms with van der Waals surface area (Å²) >= 11 is 0. The first-order chi connectivity index (χ1) is 17.6. The van der Waals surface area contributed by atoms with Crippen LogP contribution >= 0.6 is 7.92 Å². The standard InChI is InChI=1S/C28H38BO7P/c1-28(2,3)25(37(4)5)27(31)33-18-7-6-17-32-23-13-9-21(10-14-23)26(30)36-24-15-11-22(12-16-24)29-34-19-8-20-35-29/h9-16,25H,6-8,17-20H2,1-5H3. The van der Waals surface area contributed by atoms with E-state index in [4.69, 9.17) is 23.5 Å². The molecule has 0 N–H and O–H groups in total. The molecule has 0 bridgehead atoms. The fourth-order valence-electron chi connectivity index (χ4n) is 4.21. The zero-order valence-corrected chi connectivity index (χ0v) is 23.4. The number of benzene rings is 2. The van der Waals surface area contributed by atoms with Gasteiger partial charge in [-0.3, -0.25) is 4.79 Å². The van der Waals surface area contributed by atoms with Gasteiger partial charge in [0, 0.05) is 13.2 Å². The molecule has 1 aliphatic heterocycles. The summed E-state index contributed by atoms with van der Waals surface area (Å²) in [5, 5.41) is 0. The van der Waals surface area contributed by atoms with E-state index in [9.17, 15) is 9.59 Å². The molecule has 1 heterocycles. The van der Waals surface area contributed by atoms with Crippen LogP contribution in [0.3, 0.4) is 0 Å². The van der Waals surface area contributed by atoms with Crippen molar-refractivity contribution in [1.29, 1.82) is 0 Å². The first kappa shape index (κ1) is 29.2. The number of hydrogen-bond acceptors (Lipinski definition) is 7. The van der Waals surface area contributed by atoms with Crippen molar-refractivity contribution in [3.05, 3.63) is 54.1 Å². The minimum Gasteiger partial charge on any atom is -0.494 e. The molecule has 0 amide bonds. The van der Waals surface area contributed by atoms with E-state index in [1.54, 1.807) is 36.4 Å². The summed E-state index contributed by atoms with van der Waals surface area (Å²) in [4.78, 5) is 25.0. The summed E-state index contributed by atoms with van der Waals surface area (Å²) in [6, 6.07) is 14.0. The summed E-state index contributed by atoms with van der Waals surface area (Å²) in [5.41, 5.74) is 1.17. The van der Waals surface area contributed by atoms with Crippen molar-refractivity contribution >= 4 is 32.4 Å². The van der Waals surface area contributed by atoms with Crippen LogP contribution in [0.25, 0.3) is 0 Å². The Morgan fingerprint density at radius 1 is 0.919 bits per heavy atom. The zero-order valence-electron chi connectivity index (χ0n) is 22.5. The lowest BCUT2D eigenvalue weighted by molar-refractivity contribution is -0.145. The van der Waals surface area contributed by atoms with Crippen LogP contribution < -0.4 is 14.9 Å². The molecule has 1 aliphatic rings. The third-order valence-corrected chi connectivity index (χ3v) is 7.91. The molecule has 37 heavy (non-hydrogen) atoms. The molecule has 2 aromatic carbocycles. The average molecular weight is 528 g/mol. The Labute approximate surface area is 222 Å². The Balaban J connectivity index is 1.37. The van der Waals surface area contributed by atoms with Crippen LogP contribution in [-0.2, 0) is 18.8 Å². The van der Waals surface area contributed by atoms with Gasteiger partial charge >= 0.3 is 19.1 Å². The first-order valence-corrected chi connectivity index (χ1v) is 15.1. The van der Waals surface area contributed by atoms with Gasteiger partial charge in [-0.15, -0.1) is 0 Å². The quantitative estimate of drug-likeness (QED) is 0.135. The van der Waals surface area contributed by atoms with Gasteiger partial charge in [-0.2, -0.15) is 0 Å². The lowest BCUT2D eigenvalue weighted by atomic mass is 9.78. The minimum atomic E-state index is -0.442. The van der Waals surface area contributed by atoms with Gasteiger partial charge in [0.15, 0.2) is 0 Å². The van der Waals surface area contributed by atoms with Crippen LogP contribution in [0.4, 0.5) is 0 Å². The van der Waals surface area contributed by atoms with Crippen molar-refractivity contribution in [2.24, 2.45) is 5.41 Å². The average Bonchev–Trinajstić information content (AvgIpc) is 2.86. The highest BCUT2D eigenvalue weighted by Crippen LogP contribution is 2.43. The van der Waals surface area contributed by atoms with Crippen molar-refractivity contribution in [1.82, 2.24) is 0 Å². The molecular weight excluding hydrogens is 490 g/mol. The van der Waals surface area contributed by atoms with Gasteiger partial charge < -0.3 is 23.5 Å². The molecule has 1 unspecified atom stereocenters. The second-order valence-electron chi connectivity index (χ2n) is 10.4. The number of carbonyl (C=O) groups is 2. The number of carbonyl (C=O) groups excluding carboxylic acids is 2. The monoisotopic (exact) mass is 528 g/mol. The fraction of sp³-hybridized carbons (Fsp3) is 0.500. The van der Waals surface area contributed by atoms with Crippen molar-refractivity contribution in [2.75, 3.05) is 39.8 Å². The Kier molecular flexibility index (Phi) is 11.0. The maximum absolute atomic E-state index is 12.5. The number of rotatable bonds is 11. The number of ether oxygens (including phenoxy) is 3. The van der Waals surface area contributed by atoms with E-state index in [1.807, 2.05) is 12.1 Å². The molecule has 200 valence electrons. The Bertz CT molecular complexity index is 997. The fourth-order valence-corrected chi connectivity index (χ4v) is 6.26. The van der Waals surface area contributed by atoms with Gasteiger partial charge in [-0.05, 0) is 79.9 Å². The Morgan fingerprint density at radius 3 is 2.11 bits per heavy atom. The van der Waals surface area contributed by atoms with Gasteiger partial charge in [0.05, 0.1) is 24.4 Å². The van der Waals surface area contributed by atoms with Gasteiger partial charge in [-0.25, -0.2) is 4.79 Å². The third-order valence-electron chi connectivity index (χ3n) is 5.89. The smallest absolute Gasteiger partial charge is 0.493 e. The van der Waals surface area contributed by atoms with Crippen LogP contribution in [0.1, 0.15) is 50.4 Å². The van der Waals surface area contributed by atoms with Gasteiger partial charge in [0.25, 0.3) is 0 Å². The topological polar surface area (TPSA) is 80.3 Å². The van der Waals surface area contributed by atoms with Crippen LogP contribution in [0, 0.1) is 5.41 Å². The number of unbranched alkanes of at least 4 members (excludes halogenated alkanes) is 1. The second-order valence-corrected chi connectivity index (χ2v) is 12.8. The number of hydrogen-bond donors (Lipinski definition) is 0. The van der Waals surface area contributed by atoms with Gasteiger partial charge in [0.2, 0.25) is 0 Å². The summed E-state index contributed by atoms with van der Waals surface area (Å²) in [6.45, 7) is 12.7. The second kappa shape index (κ2) is 13.9. The molecule has 1 fully saturated rings. The highest BCUT2D eigenvalue weighted by atomic mass is 31.1. The highest BCUT2D eigenvalue weighted by molar-refractivity contribution is 7.57. The summed E-state index contributed by atoms with van der Waals surface area (Å²) in [5.74, 6) is 0.576. The lowest BCUT2D eigenvalue weighted by Crippen LogP contribution is -2.40. The summed E-state index contributed by atoms with van der Waals surface area (Å²) < 4.78 is 27.9. The van der Waals surface area contributed by atoms with Crippen LogP contribution in [0.2, 0.25) is 0 Å². The molecular formula is C28H38BO7P. The number of esters is 2. The van der Waals surface area contributed by atoms with E-state index >= 15 is 0 Å². The van der Waals surface area contributed by atoms with E-state index in [-0.39, 0.29) is 24.2 Å². The first-order valence-electron chi connectivity index (χ1n) is 12.8. The van der Waals surface area contributed by atoms with Crippen LogP contribution in [0.15, 0.2) is 48.5 Å². The molecule has 3 rings (SSSR count). The summed E-state index contributed by atoms with van der Waals surface area (Å²) in [6.07, 6.45) is 2.39. The van der Waals surface area contributed by atoms with Crippen molar-refractivity contribution in [2.45, 2.75) is 45.7 Å². The van der Waals surface area contributed by atoms with Crippen LogP contribution in [0.5, 0.6) is 11.5 Å². The highest BCUT2D eigenvalue weighted by Gasteiger charge is 2.35. The van der Waals surface area contributed by atoms with Gasteiger partial charge in [-0.1, -0.05) is 40.8 Å². The Hall–Kier alpha value is -2.41. The lowest BCUT2D eigenvalue weighted by Gasteiger charge is -2.32. The molecule has 9 heteroatoms. The van der Waals surface area contributed by atoms with E-state index in [0.29, 0.717) is 43.5 Å². The van der Waals surface area contributed by atoms with Crippen molar-refractivity contribution < 1.29 is 33.1 Å². The SMILES string of the molecule is CP(C)C(C(=O)OCCCCOc1ccc(C(=O)Oc2ccc(B3OCCCO3)cc2)cc1)C(C)(C)C. The predicted octanol–water partition coefficient (Wildman–Crippen LogP) is 4.90. The van der Waals surface area contributed by atoms with E-state index in [2.05, 4.69) is 34.1 Å². The third kappa shape index (κ3) is 9.13. The van der Waals surface area contributed by atoms with Crippen molar-refractivity contribution in [3.8, 4) is 11.5 Å². The maximum Gasteiger partial charge on any atom is 0.493 e. The molecule has 0 aliphatic carbocycles. The van der Waals surface area contributed by atoms with Crippen molar-refractivity contribution in [3.63, 3.8) is 0 Å². The van der Waals surface area contributed by atoms with E-state index in [1.165, 1.54) is 0 Å². The predicted molar refractivity (Wildman–Crippen MR) is 147 cm³/mol. The molecule has 0 radical (unpaired) electrons. The molecule has 0 saturated carbocycles.